The van der Waals surface area contributed by atoms with Gasteiger partial charge < -0.3 is 9.80 Å². The zero-order valence-corrected chi connectivity index (χ0v) is 15.2. The first-order valence-electron chi connectivity index (χ1n) is 9.41. The summed E-state index contributed by atoms with van der Waals surface area (Å²) >= 11 is 0. The molecule has 2 aliphatic rings. The Kier molecular flexibility index (Phi) is 4.81. The molecule has 2 aromatic rings. The summed E-state index contributed by atoms with van der Waals surface area (Å²) < 4.78 is 1.62. The molecule has 2 aromatic heterocycles. The average molecular weight is 355 g/mol. The maximum atomic E-state index is 13.0. The van der Waals surface area contributed by atoms with E-state index in [0.717, 1.165) is 51.3 Å². The van der Waals surface area contributed by atoms with Gasteiger partial charge in [0.25, 0.3) is 0 Å². The molecular formula is C18H25N7O. The van der Waals surface area contributed by atoms with E-state index in [1.54, 1.807) is 17.3 Å². The molecule has 0 bridgehead atoms. The topological polar surface area (TPSA) is 80.0 Å². The molecule has 0 N–H and O–H groups in total. The molecule has 0 aliphatic carbocycles. The van der Waals surface area contributed by atoms with E-state index >= 15 is 0 Å². The van der Waals surface area contributed by atoms with Gasteiger partial charge in [0.1, 0.15) is 24.8 Å². The van der Waals surface area contributed by atoms with Gasteiger partial charge in [-0.1, -0.05) is 6.92 Å². The molecule has 1 amide bonds. The number of rotatable bonds is 3. The molecule has 0 saturated carbocycles. The van der Waals surface area contributed by atoms with Gasteiger partial charge in [-0.2, -0.15) is 5.10 Å². The lowest BCUT2D eigenvalue weighted by atomic mass is 9.93. The van der Waals surface area contributed by atoms with Crippen LogP contribution < -0.4 is 4.90 Å². The van der Waals surface area contributed by atoms with Gasteiger partial charge in [0.15, 0.2) is 5.82 Å². The van der Waals surface area contributed by atoms with Crippen molar-refractivity contribution in [1.29, 1.82) is 0 Å². The van der Waals surface area contributed by atoms with E-state index in [2.05, 4.69) is 36.8 Å². The number of carbonyl (C=O) groups is 1. The van der Waals surface area contributed by atoms with Crippen molar-refractivity contribution in [3.8, 4) is 5.82 Å². The normalized spacial score (nSPS) is 23.9. The second-order valence-electron chi connectivity index (χ2n) is 7.39. The zero-order valence-electron chi connectivity index (χ0n) is 15.2. The van der Waals surface area contributed by atoms with Crippen LogP contribution in [0, 0.1) is 11.8 Å². The molecule has 138 valence electrons. The molecule has 26 heavy (non-hydrogen) atoms. The van der Waals surface area contributed by atoms with Crippen LogP contribution in [0.3, 0.4) is 0 Å². The first-order chi connectivity index (χ1) is 12.7. The van der Waals surface area contributed by atoms with Crippen molar-refractivity contribution in [3.63, 3.8) is 0 Å². The number of nitrogens with zero attached hydrogens (tertiary/aromatic N) is 7. The van der Waals surface area contributed by atoms with Crippen molar-refractivity contribution < 1.29 is 4.79 Å². The van der Waals surface area contributed by atoms with Gasteiger partial charge in [-0.05, 0) is 31.6 Å². The van der Waals surface area contributed by atoms with Crippen LogP contribution >= 0.6 is 0 Å². The summed E-state index contributed by atoms with van der Waals surface area (Å²) in [5.41, 5.74) is 0. The molecule has 0 radical (unpaired) electrons. The molecular weight excluding hydrogens is 330 g/mol. The van der Waals surface area contributed by atoms with E-state index in [1.807, 2.05) is 6.07 Å². The molecule has 8 heteroatoms. The number of hydrogen-bond donors (Lipinski definition) is 0. The second kappa shape index (κ2) is 7.39. The standard InChI is InChI=1S/C18H25N7O/c1-14-4-2-7-24(9-14)18(26)15-5-3-6-23(10-15)16-8-17(21-12-20-16)25-13-19-11-22-25/h8,11-15H,2-7,9-10H2,1H3. The van der Waals surface area contributed by atoms with Crippen molar-refractivity contribution >= 4 is 11.7 Å². The highest BCUT2D eigenvalue weighted by atomic mass is 16.2. The number of piperidine rings is 2. The Hall–Kier alpha value is -2.51. The summed E-state index contributed by atoms with van der Waals surface area (Å²) in [4.78, 5) is 29.9. The van der Waals surface area contributed by atoms with E-state index in [0.29, 0.717) is 17.6 Å². The SMILES string of the molecule is CC1CCCN(C(=O)C2CCCN(c3cc(-n4cncn4)ncn3)C2)C1. The van der Waals surface area contributed by atoms with Gasteiger partial charge in [0.05, 0.1) is 5.92 Å². The highest BCUT2D eigenvalue weighted by Crippen LogP contribution is 2.25. The summed E-state index contributed by atoms with van der Waals surface area (Å²) in [6, 6.07) is 1.91. The maximum Gasteiger partial charge on any atom is 0.227 e. The first-order valence-corrected chi connectivity index (χ1v) is 9.41. The molecule has 2 aliphatic heterocycles. The fourth-order valence-electron chi connectivity index (χ4n) is 4.00. The van der Waals surface area contributed by atoms with Gasteiger partial charge in [-0.25, -0.2) is 19.6 Å². The van der Waals surface area contributed by atoms with E-state index in [1.165, 1.54) is 12.7 Å². The Labute approximate surface area is 153 Å². The minimum absolute atomic E-state index is 0.0545. The van der Waals surface area contributed by atoms with Crippen LogP contribution in [-0.4, -0.2) is 61.7 Å². The molecule has 2 saturated heterocycles. The Morgan fingerprint density at radius 2 is 1.92 bits per heavy atom. The third-order valence-corrected chi connectivity index (χ3v) is 5.36. The fourth-order valence-corrected chi connectivity index (χ4v) is 4.00. The lowest BCUT2D eigenvalue weighted by molar-refractivity contribution is -0.137. The van der Waals surface area contributed by atoms with Crippen molar-refractivity contribution in [2.75, 3.05) is 31.1 Å². The Morgan fingerprint density at radius 1 is 1.08 bits per heavy atom. The highest BCUT2D eigenvalue weighted by Gasteiger charge is 2.31. The Balaban J connectivity index is 1.47. The van der Waals surface area contributed by atoms with E-state index < -0.39 is 0 Å². The largest absolute Gasteiger partial charge is 0.356 e. The lowest BCUT2D eigenvalue weighted by Gasteiger charge is -2.38. The van der Waals surface area contributed by atoms with Crippen molar-refractivity contribution in [2.24, 2.45) is 11.8 Å². The number of likely N-dealkylation sites (tertiary alicyclic amines) is 1. The quantitative estimate of drug-likeness (QED) is 0.831. The molecule has 4 rings (SSSR count). The molecule has 2 unspecified atom stereocenters. The third-order valence-electron chi connectivity index (χ3n) is 5.36. The molecule has 0 aromatic carbocycles. The third kappa shape index (κ3) is 3.54. The smallest absolute Gasteiger partial charge is 0.227 e. The molecule has 0 spiro atoms. The van der Waals surface area contributed by atoms with Gasteiger partial charge in [0.2, 0.25) is 5.91 Å². The van der Waals surface area contributed by atoms with E-state index in [9.17, 15) is 4.79 Å². The first kappa shape index (κ1) is 16.9. The van der Waals surface area contributed by atoms with Crippen LogP contribution in [0.15, 0.2) is 25.0 Å². The van der Waals surface area contributed by atoms with E-state index in [-0.39, 0.29) is 5.92 Å². The van der Waals surface area contributed by atoms with Crippen molar-refractivity contribution in [2.45, 2.75) is 32.6 Å². The van der Waals surface area contributed by atoms with Crippen LogP contribution in [0.5, 0.6) is 0 Å². The van der Waals surface area contributed by atoms with Crippen LogP contribution in [-0.2, 0) is 4.79 Å². The van der Waals surface area contributed by atoms with Crippen LogP contribution in [0.4, 0.5) is 5.82 Å². The predicted octanol–water partition coefficient (Wildman–Crippen LogP) is 1.53. The van der Waals surface area contributed by atoms with Crippen LogP contribution in [0.2, 0.25) is 0 Å². The number of aromatic nitrogens is 5. The number of anilines is 1. The minimum Gasteiger partial charge on any atom is -0.356 e. The molecule has 4 heterocycles. The monoisotopic (exact) mass is 355 g/mol. The maximum absolute atomic E-state index is 13.0. The summed E-state index contributed by atoms with van der Waals surface area (Å²) in [6.07, 6.45) is 8.96. The number of carbonyl (C=O) groups excluding carboxylic acids is 1. The summed E-state index contributed by atoms with van der Waals surface area (Å²) in [6.45, 7) is 5.67. The van der Waals surface area contributed by atoms with Gasteiger partial charge in [-0.15, -0.1) is 0 Å². The second-order valence-corrected chi connectivity index (χ2v) is 7.39. The van der Waals surface area contributed by atoms with Gasteiger partial charge >= 0.3 is 0 Å². The molecule has 8 nitrogen and oxygen atoms in total. The number of amides is 1. The average Bonchev–Trinajstić information content (AvgIpc) is 3.22. The van der Waals surface area contributed by atoms with Crippen LogP contribution in [0.25, 0.3) is 5.82 Å². The summed E-state index contributed by atoms with van der Waals surface area (Å²) in [5.74, 6) is 2.51. The van der Waals surface area contributed by atoms with Crippen molar-refractivity contribution in [3.05, 3.63) is 25.0 Å². The van der Waals surface area contributed by atoms with Crippen LogP contribution in [0.1, 0.15) is 32.6 Å². The zero-order chi connectivity index (χ0) is 17.9. The van der Waals surface area contributed by atoms with E-state index in [4.69, 9.17) is 0 Å². The fraction of sp³-hybridized carbons (Fsp3) is 0.611. The Bertz CT molecular complexity index is 748. The number of hydrogen-bond acceptors (Lipinski definition) is 6. The molecule has 2 atom stereocenters. The minimum atomic E-state index is 0.0545. The Morgan fingerprint density at radius 3 is 2.73 bits per heavy atom. The summed E-state index contributed by atoms with van der Waals surface area (Å²) in [7, 11) is 0. The predicted molar refractivity (Wildman–Crippen MR) is 96.9 cm³/mol. The van der Waals surface area contributed by atoms with Gasteiger partial charge in [0, 0.05) is 32.2 Å². The van der Waals surface area contributed by atoms with Gasteiger partial charge in [-0.3, -0.25) is 4.79 Å². The molecule has 2 fully saturated rings. The lowest BCUT2D eigenvalue weighted by Crippen LogP contribution is -2.47. The summed E-state index contributed by atoms with van der Waals surface area (Å²) in [5, 5.41) is 4.12. The highest BCUT2D eigenvalue weighted by molar-refractivity contribution is 5.80. The van der Waals surface area contributed by atoms with Crippen molar-refractivity contribution in [1.82, 2.24) is 29.6 Å².